The number of alkyl carbamates (subject to hydrolysis) is 1. The van der Waals surface area contributed by atoms with Crippen molar-refractivity contribution < 1.29 is 23.9 Å². The molecule has 1 aromatic rings. The van der Waals surface area contributed by atoms with Gasteiger partial charge in [-0.1, -0.05) is 34.1 Å². The molecule has 0 saturated heterocycles. The number of likely N-dealkylation sites (N-methyl/N-ethyl adjacent to an activating group) is 1. The molecular formula is C18H25BrN2O5. The van der Waals surface area contributed by atoms with Crippen LogP contribution in [0.5, 0.6) is 0 Å². The number of carbonyl (C=O) groups excluding carboxylic acids is 3. The minimum atomic E-state index is -1.01. The first-order valence-corrected chi connectivity index (χ1v) is 8.99. The predicted octanol–water partition coefficient (Wildman–Crippen LogP) is 3.04. The Morgan fingerprint density at radius 1 is 1.23 bits per heavy atom. The number of rotatable bonds is 6. The third-order valence-electron chi connectivity index (χ3n) is 3.17. The Kier molecular flexibility index (Phi) is 8.08. The molecule has 0 aromatic heterocycles. The number of benzene rings is 1. The van der Waals surface area contributed by atoms with E-state index >= 15 is 0 Å². The third kappa shape index (κ3) is 7.03. The molecule has 0 spiro atoms. The molecule has 0 saturated carbocycles. The number of carbonyl (C=O) groups is 3. The number of halogens is 1. The largest absolute Gasteiger partial charge is 0.465 e. The van der Waals surface area contributed by atoms with Gasteiger partial charge in [0.25, 0.3) is 0 Å². The molecule has 0 aliphatic rings. The van der Waals surface area contributed by atoms with Gasteiger partial charge in [0.05, 0.1) is 6.61 Å². The summed E-state index contributed by atoms with van der Waals surface area (Å²) >= 11 is 3.39. The number of nitrogens with one attached hydrogen (secondary N) is 1. The van der Waals surface area contributed by atoms with E-state index in [1.54, 1.807) is 52.0 Å². The summed E-state index contributed by atoms with van der Waals surface area (Å²) < 4.78 is 10.8. The summed E-state index contributed by atoms with van der Waals surface area (Å²) in [6.45, 7) is 6.89. The van der Waals surface area contributed by atoms with E-state index in [1.807, 2.05) is 0 Å². The molecule has 2 amide bonds. The van der Waals surface area contributed by atoms with Crippen molar-refractivity contribution in [1.82, 2.24) is 10.2 Å². The summed E-state index contributed by atoms with van der Waals surface area (Å²) in [6.07, 6.45) is -0.726. The smallest absolute Gasteiger partial charge is 0.408 e. The average molecular weight is 429 g/mol. The van der Waals surface area contributed by atoms with Crippen molar-refractivity contribution >= 4 is 33.9 Å². The van der Waals surface area contributed by atoms with Gasteiger partial charge in [-0.25, -0.2) is 4.79 Å². The van der Waals surface area contributed by atoms with Crippen LogP contribution in [0.4, 0.5) is 4.79 Å². The van der Waals surface area contributed by atoms with Gasteiger partial charge in [-0.3, -0.25) is 9.59 Å². The Hall–Kier alpha value is -2.09. The van der Waals surface area contributed by atoms with Crippen LogP contribution in [0.15, 0.2) is 28.7 Å². The average Bonchev–Trinajstić information content (AvgIpc) is 2.51. The molecule has 8 heteroatoms. The van der Waals surface area contributed by atoms with Gasteiger partial charge in [0.15, 0.2) is 0 Å². The van der Waals surface area contributed by atoms with Gasteiger partial charge in [0.1, 0.15) is 18.2 Å². The van der Waals surface area contributed by atoms with Gasteiger partial charge in [0.2, 0.25) is 5.91 Å². The maximum Gasteiger partial charge on any atom is 0.408 e. The number of amides is 2. The second-order valence-corrected chi connectivity index (χ2v) is 7.45. The molecule has 0 unspecified atom stereocenters. The summed E-state index contributed by atoms with van der Waals surface area (Å²) in [4.78, 5) is 37.9. The zero-order chi connectivity index (χ0) is 19.9. The molecule has 1 N–H and O–H groups in total. The van der Waals surface area contributed by atoms with Crippen molar-refractivity contribution in [3.8, 4) is 0 Å². The Morgan fingerprint density at radius 3 is 2.38 bits per heavy atom. The zero-order valence-corrected chi connectivity index (χ0v) is 17.3. The fourth-order valence-electron chi connectivity index (χ4n) is 2.11. The van der Waals surface area contributed by atoms with Crippen LogP contribution in [-0.4, -0.2) is 48.7 Å². The van der Waals surface area contributed by atoms with E-state index in [0.29, 0.717) is 10.0 Å². The molecule has 0 bridgehead atoms. The molecule has 7 nitrogen and oxygen atoms in total. The molecular weight excluding hydrogens is 404 g/mol. The van der Waals surface area contributed by atoms with E-state index in [0.717, 1.165) is 0 Å². The topological polar surface area (TPSA) is 84.9 Å². The molecule has 1 atom stereocenters. The van der Waals surface area contributed by atoms with Gasteiger partial charge >= 0.3 is 12.1 Å². The van der Waals surface area contributed by atoms with Crippen LogP contribution >= 0.6 is 15.9 Å². The normalized spacial score (nSPS) is 12.1. The van der Waals surface area contributed by atoms with E-state index in [1.165, 1.54) is 11.9 Å². The summed E-state index contributed by atoms with van der Waals surface area (Å²) in [5, 5.41) is 2.58. The van der Waals surface area contributed by atoms with E-state index in [-0.39, 0.29) is 13.2 Å². The number of hydrogen-bond acceptors (Lipinski definition) is 5. The van der Waals surface area contributed by atoms with Gasteiger partial charge in [0, 0.05) is 11.5 Å². The van der Waals surface area contributed by atoms with E-state index in [2.05, 4.69) is 21.2 Å². The molecule has 0 radical (unpaired) electrons. The minimum absolute atomic E-state index is 0.219. The number of esters is 1. The highest BCUT2D eigenvalue weighted by molar-refractivity contribution is 9.10. The van der Waals surface area contributed by atoms with Crippen LogP contribution in [0.1, 0.15) is 39.3 Å². The van der Waals surface area contributed by atoms with E-state index in [4.69, 9.17) is 9.47 Å². The van der Waals surface area contributed by atoms with Crippen LogP contribution in [0, 0.1) is 0 Å². The van der Waals surface area contributed by atoms with Crippen molar-refractivity contribution in [2.75, 3.05) is 20.2 Å². The first kappa shape index (κ1) is 22.0. The second-order valence-electron chi connectivity index (χ2n) is 6.60. The first-order chi connectivity index (χ1) is 12.0. The minimum Gasteiger partial charge on any atom is -0.465 e. The van der Waals surface area contributed by atoms with Crippen molar-refractivity contribution in [3.05, 3.63) is 34.3 Å². The third-order valence-corrected chi connectivity index (χ3v) is 3.89. The van der Waals surface area contributed by atoms with Crippen LogP contribution in [-0.2, 0) is 19.1 Å². The van der Waals surface area contributed by atoms with Gasteiger partial charge in [-0.2, -0.15) is 0 Å². The summed E-state index contributed by atoms with van der Waals surface area (Å²) in [6, 6.07) is 6.01. The van der Waals surface area contributed by atoms with Crippen LogP contribution in [0.3, 0.4) is 0 Å². The maximum atomic E-state index is 12.9. The lowest BCUT2D eigenvalue weighted by atomic mass is 10.1. The zero-order valence-electron chi connectivity index (χ0n) is 15.7. The van der Waals surface area contributed by atoms with Crippen molar-refractivity contribution in [1.29, 1.82) is 0 Å². The van der Waals surface area contributed by atoms with Crippen LogP contribution < -0.4 is 5.32 Å². The Bertz CT molecular complexity index is 657. The Labute approximate surface area is 162 Å². The molecule has 0 aliphatic heterocycles. The van der Waals surface area contributed by atoms with Crippen molar-refractivity contribution in [2.45, 2.75) is 39.3 Å². The SMILES string of the molecule is CCOC(=O)CN(C)C(=O)[C@H](NC(=O)OC(C)(C)C)c1ccccc1Br. The highest BCUT2D eigenvalue weighted by atomic mass is 79.9. The maximum absolute atomic E-state index is 12.9. The van der Waals surface area contributed by atoms with Crippen molar-refractivity contribution in [3.63, 3.8) is 0 Å². The number of hydrogen-bond donors (Lipinski definition) is 1. The standard InChI is InChI=1S/C18H25BrN2O5/c1-6-25-14(22)11-21(5)16(23)15(12-9-7-8-10-13(12)19)20-17(24)26-18(2,3)4/h7-10,15H,6,11H2,1-5H3,(H,20,24)/t15-/m1/s1. The molecule has 1 rings (SSSR count). The molecule has 0 heterocycles. The predicted molar refractivity (Wildman–Crippen MR) is 101 cm³/mol. The van der Waals surface area contributed by atoms with Gasteiger partial charge in [-0.05, 0) is 39.3 Å². The molecule has 26 heavy (non-hydrogen) atoms. The number of ether oxygens (including phenoxy) is 2. The molecule has 0 aliphatic carbocycles. The molecule has 1 aromatic carbocycles. The van der Waals surface area contributed by atoms with Crippen molar-refractivity contribution in [2.24, 2.45) is 0 Å². The highest BCUT2D eigenvalue weighted by Crippen LogP contribution is 2.25. The quantitative estimate of drug-likeness (QED) is 0.703. The van der Waals surface area contributed by atoms with E-state index in [9.17, 15) is 14.4 Å². The second kappa shape index (κ2) is 9.56. The van der Waals surface area contributed by atoms with E-state index < -0.39 is 29.6 Å². The van der Waals surface area contributed by atoms with Gasteiger partial charge < -0.3 is 19.7 Å². The van der Waals surface area contributed by atoms with Crippen LogP contribution in [0.25, 0.3) is 0 Å². The lowest BCUT2D eigenvalue weighted by molar-refractivity contribution is -0.148. The fraction of sp³-hybridized carbons (Fsp3) is 0.500. The van der Waals surface area contributed by atoms with Crippen LogP contribution in [0.2, 0.25) is 0 Å². The van der Waals surface area contributed by atoms with Gasteiger partial charge in [-0.15, -0.1) is 0 Å². The summed E-state index contributed by atoms with van der Waals surface area (Å²) in [7, 11) is 1.47. The Morgan fingerprint density at radius 2 is 1.85 bits per heavy atom. The molecule has 144 valence electrons. The number of nitrogens with zero attached hydrogens (tertiary/aromatic N) is 1. The fourth-order valence-corrected chi connectivity index (χ4v) is 2.62. The first-order valence-electron chi connectivity index (χ1n) is 8.19. The monoisotopic (exact) mass is 428 g/mol. The summed E-state index contributed by atoms with van der Waals surface area (Å²) in [5.74, 6) is -0.984. The summed E-state index contributed by atoms with van der Waals surface area (Å²) in [5.41, 5.74) is -0.151. The lowest BCUT2D eigenvalue weighted by Gasteiger charge is -2.27. The lowest BCUT2D eigenvalue weighted by Crippen LogP contribution is -2.44. The highest BCUT2D eigenvalue weighted by Gasteiger charge is 2.30. The Balaban J connectivity index is 3.04. The molecule has 0 fully saturated rings.